The van der Waals surface area contributed by atoms with Gasteiger partial charge >= 0.3 is 18.0 Å². The largest absolute Gasteiger partial charge is 0.435 e. The highest BCUT2D eigenvalue weighted by molar-refractivity contribution is 9.10. The van der Waals surface area contributed by atoms with Crippen LogP contribution in [0.3, 0.4) is 0 Å². The highest BCUT2D eigenvalue weighted by atomic mass is 79.9. The highest BCUT2D eigenvalue weighted by Crippen LogP contribution is 2.54. The molecule has 0 aliphatic heterocycles. The molecule has 0 atom stereocenters. The molecule has 0 saturated carbocycles. The van der Waals surface area contributed by atoms with Gasteiger partial charge in [-0.25, -0.2) is 8.78 Å². The van der Waals surface area contributed by atoms with E-state index in [9.17, 15) is 44.7 Å². The molecule has 2 N–H and O–H groups in total. The minimum atomic E-state index is -6.32. The monoisotopic (exact) mass is 594 g/mol. The zero-order valence-corrected chi connectivity index (χ0v) is 20.1. The van der Waals surface area contributed by atoms with Gasteiger partial charge in [0.2, 0.25) is 0 Å². The number of anilines is 2. The van der Waals surface area contributed by atoms with Crippen LogP contribution in [0.2, 0.25) is 0 Å². The van der Waals surface area contributed by atoms with E-state index >= 15 is 0 Å². The van der Waals surface area contributed by atoms with E-state index in [0.29, 0.717) is 0 Å². The molecule has 0 spiro atoms. The molecule has 0 radical (unpaired) electrons. The van der Waals surface area contributed by atoms with Crippen molar-refractivity contribution in [2.75, 3.05) is 10.6 Å². The summed E-state index contributed by atoms with van der Waals surface area (Å²) in [6, 6.07) is 11.7. The van der Waals surface area contributed by atoms with Crippen molar-refractivity contribution >= 4 is 39.1 Å². The van der Waals surface area contributed by atoms with E-state index < -0.39 is 51.3 Å². The van der Waals surface area contributed by atoms with Gasteiger partial charge < -0.3 is 10.6 Å². The minimum absolute atomic E-state index is 0.207. The Morgan fingerprint density at radius 2 is 1.38 bits per heavy atom. The number of hydrogen-bond acceptors (Lipinski definition) is 2. The Hall–Kier alpha value is -3.48. The van der Waals surface area contributed by atoms with Gasteiger partial charge in [0, 0.05) is 15.6 Å². The van der Waals surface area contributed by atoms with Crippen LogP contribution in [0.25, 0.3) is 0 Å². The fourth-order valence-corrected chi connectivity index (χ4v) is 4.02. The first-order valence-corrected chi connectivity index (χ1v) is 11.0. The lowest BCUT2D eigenvalue weighted by molar-refractivity contribution is -0.348. The number of amides is 2. The third-order valence-electron chi connectivity index (χ3n) is 5.23. The molecule has 0 fully saturated rings. The van der Waals surface area contributed by atoms with Gasteiger partial charge in [-0.1, -0.05) is 30.3 Å². The third kappa shape index (κ3) is 5.45. The van der Waals surface area contributed by atoms with Crippen LogP contribution >= 0.6 is 15.9 Å². The van der Waals surface area contributed by atoms with Gasteiger partial charge in [0.05, 0.1) is 16.9 Å². The molecule has 3 aromatic carbocycles. The summed E-state index contributed by atoms with van der Waals surface area (Å²) >= 11 is 2.75. The fraction of sp³-hybridized carbons (Fsp3) is 0.167. The Balaban J connectivity index is 1.92. The lowest BCUT2D eigenvalue weighted by Gasteiger charge is -2.31. The first-order valence-electron chi connectivity index (χ1n) is 10.2. The van der Waals surface area contributed by atoms with E-state index in [2.05, 4.69) is 26.6 Å². The van der Waals surface area contributed by atoms with Crippen LogP contribution < -0.4 is 10.6 Å². The van der Waals surface area contributed by atoms with Gasteiger partial charge in [0.15, 0.2) is 5.82 Å². The van der Waals surface area contributed by atoms with E-state index in [0.717, 1.165) is 13.0 Å². The molecule has 0 aliphatic rings. The topological polar surface area (TPSA) is 58.2 Å². The van der Waals surface area contributed by atoms with E-state index in [1.807, 2.05) is 0 Å². The Morgan fingerprint density at radius 1 is 0.784 bits per heavy atom. The number of benzene rings is 3. The molecule has 13 heteroatoms. The maximum absolute atomic E-state index is 15.0. The molecule has 4 nitrogen and oxygen atoms in total. The summed E-state index contributed by atoms with van der Waals surface area (Å²) in [5.74, 6) is -2.95. The first-order chi connectivity index (χ1) is 17.1. The lowest BCUT2D eigenvalue weighted by Crippen LogP contribution is -2.50. The standard InChI is InChI=1S/C24H15BrF8N2O2/c1-12-10-14(22(27,23(28,29)30)24(31,32)33)11-16(25)19(12)35-21(37)15-8-5-9-17(18(15)26)34-20(36)13-6-3-2-4-7-13/h2-11H,1H3,(H,34,36)(H,35,37). The van der Waals surface area contributed by atoms with Crippen molar-refractivity contribution in [3.05, 3.63) is 93.2 Å². The number of aryl methyl sites for hydroxylation is 1. The van der Waals surface area contributed by atoms with Crippen molar-refractivity contribution in [2.24, 2.45) is 0 Å². The second-order valence-corrected chi connectivity index (χ2v) is 8.60. The number of carbonyl (C=O) groups is 2. The average Bonchev–Trinajstić information content (AvgIpc) is 2.81. The van der Waals surface area contributed by atoms with Crippen LogP contribution in [0.5, 0.6) is 0 Å². The third-order valence-corrected chi connectivity index (χ3v) is 5.86. The van der Waals surface area contributed by atoms with Gasteiger partial charge in [-0.2, -0.15) is 26.3 Å². The summed E-state index contributed by atoms with van der Waals surface area (Å²) in [6.07, 6.45) is -12.6. The maximum atomic E-state index is 15.0. The number of halogens is 9. The van der Waals surface area contributed by atoms with Gasteiger partial charge in [-0.15, -0.1) is 0 Å². The first kappa shape index (κ1) is 28.1. The van der Waals surface area contributed by atoms with E-state index in [1.54, 1.807) is 18.2 Å². The summed E-state index contributed by atoms with van der Waals surface area (Å²) < 4.78 is 108. The van der Waals surface area contributed by atoms with Crippen LogP contribution in [-0.4, -0.2) is 24.2 Å². The summed E-state index contributed by atoms with van der Waals surface area (Å²) in [5.41, 5.74) is -8.87. The molecule has 0 unspecified atom stereocenters. The normalized spacial score (nSPS) is 12.3. The Kier molecular flexibility index (Phi) is 7.68. The predicted octanol–water partition coefficient (Wildman–Crippen LogP) is 7.69. The van der Waals surface area contributed by atoms with Crippen molar-refractivity contribution in [1.82, 2.24) is 0 Å². The molecule has 37 heavy (non-hydrogen) atoms. The minimum Gasteiger partial charge on any atom is -0.321 e. The molecule has 3 aromatic rings. The smallest absolute Gasteiger partial charge is 0.321 e. The molecular weight excluding hydrogens is 580 g/mol. The maximum Gasteiger partial charge on any atom is 0.435 e. The summed E-state index contributed by atoms with van der Waals surface area (Å²) in [7, 11) is 0. The molecule has 0 aromatic heterocycles. The molecule has 0 aliphatic carbocycles. The quantitative estimate of drug-likeness (QED) is 0.297. The number of carbonyl (C=O) groups excluding carboxylic acids is 2. The Labute approximate surface area is 212 Å². The number of rotatable bonds is 5. The summed E-state index contributed by atoms with van der Waals surface area (Å²) in [4.78, 5) is 25.0. The van der Waals surface area contributed by atoms with Crippen LogP contribution in [0.1, 0.15) is 31.8 Å². The molecular formula is C24H15BrF8N2O2. The lowest BCUT2D eigenvalue weighted by atomic mass is 9.92. The second kappa shape index (κ2) is 10.1. The van der Waals surface area contributed by atoms with Crippen molar-refractivity contribution in [3.63, 3.8) is 0 Å². The van der Waals surface area contributed by atoms with Crippen LogP contribution in [0.15, 0.2) is 65.1 Å². The van der Waals surface area contributed by atoms with E-state index in [-0.39, 0.29) is 34.6 Å². The molecule has 3 rings (SSSR count). The Bertz CT molecular complexity index is 1300. The van der Waals surface area contributed by atoms with E-state index in [4.69, 9.17) is 0 Å². The van der Waals surface area contributed by atoms with E-state index in [1.165, 1.54) is 24.3 Å². The van der Waals surface area contributed by atoms with Gasteiger partial charge in [-0.3, -0.25) is 9.59 Å². The molecule has 0 saturated heterocycles. The number of nitrogens with one attached hydrogen (secondary N) is 2. The van der Waals surface area contributed by atoms with Crippen molar-refractivity contribution in [1.29, 1.82) is 0 Å². The van der Waals surface area contributed by atoms with Crippen molar-refractivity contribution in [3.8, 4) is 0 Å². The average molecular weight is 595 g/mol. The number of alkyl halides is 7. The van der Waals surface area contributed by atoms with Crippen LogP contribution in [-0.2, 0) is 5.67 Å². The van der Waals surface area contributed by atoms with Crippen molar-refractivity contribution in [2.45, 2.75) is 24.9 Å². The summed E-state index contributed by atoms with van der Waals surface area (Å²) in [5, 5.41) is 4.48. The SMILES string of the molecule is Cc1cc(C(F)(C(F)(F)F)C(F)(F)F)cc(Br)c1NC(=O)c1cccc(NC(=O)c2ccccc2)c1F. The van der Waals surface area contributed by atoms with Gasteiger partial charge in [0.1, 0.15) is 0 Å². The predicted molar refractivity (Wildman–Crippen MR) is 123 cm³/mol. The van der Waals surface area contributed by atoms with Gasteiger partial charge in [-0.05, 0) is 58.7 Å². The molecule has 2 amide bonds. The second-order valence-electron chi connectivity index (χ2n) is 7.75. The van der Waals surface area contributed by atoms with Crippen molar-refractivity contribution < 1.29 is 44.7 Å². The zero-order chi connectivity index (χ0) is 27.8. The Morgan fingerprint density at radius 3 is 1.92 bits per heavy atom. The van der Waals surface area contributed by atoms with Crippen LogP contribution in [0, 0.1) is 12.7 Å². The molecule has 0 bridgehead atoms. The zero-order valence-electron chi connectivity index (χ0n) is 18.5. The molecule has 196 valence electrons. The highest BCUT2D eigenvalue weighted by Gasteiger charge is 2.73. The molecule has 0 heterocycles. The van der Waals surface area contributed by atoms with Gasteiger partial charge in [0.25, 0.3) is 11.8 Å². The number of hydrogen-bond donors (Lipinski definition) is 2. The fourth-order valence-electron chi connectivity index (χ4n) is 3.36. The van der Waals surface area contributed by atoms with Crippen LogP contribution in [0.4, 0.5) is 46.5 Å². The summed E-state index contributed by atoms with van der Waals surface area (Å²) in [6.45, 7) is 1.03.